The molecule has 0 spiro atoms. The summed E-state index contributed by atoms with van der Waals surface area (Å²) in [6, 6.07) is 3.92. The maximum Gasteiger partial charge on any atom is 0.256 e. The third kappa shape index (κ3) is 5.60. The van der Waals surface area contributed by atoms with Crippen LogP contribution in [0.2, 0.25) is 0 Å². The van der Waals surface area contributed by atoms with Crippen LogP contribution in [0.15, 0.2) is 42.5 Å². The maximum absolute atomic E-state index is 10.7. The molecule has 1 aromatic heterocycles. The summed E-state index contributed by atoms with van der Waals surface area (Å²) in [6.07, 6.45) is 9.67. The molecular formula is C19H23N3O7. The standard InChI is InChI=1S/C19H23N3O7/c23-14-15-4-5-18(20-13-15)25-17-6-11-24-19(12-17)26-28-29-27-22-9-7-21(8-10-22)16-2-1-3-16/h4-6,11-14,16,19H,1-3,7-10H2. The summed E-state index contributed by atoms with van der Waals surface area (Å²) < 4.78 is 10.8. The second kappa shape index (κ2) is 9.92. The molecule has 4 rings (SSSR count). The number of nitrogens with zero attached hydrogens (tertiary/aromatic N) is 3. The molecule has 156 valence electrons. The smallest absolute Gasteiger partial charge is 0.256 e. The van der Waals surface area contributed by atoms with Gasteiger partial charge in [-0.3, -0.25) is 9.69 Å². The van der Waals surface area contributed by atoms with Crippen LogP contribution in [0.5, 0.6) is 5.88 Å². The normalized spacial score (nSPS) is 23.2. The monoisotopic (exact) mass is 405 g/mol. The Hall–Kier alpha value is -2.34. The molecule has 3 heterocycles. The molecule has 2 fully saturated rings. The highest BCUT2D eigenvalue weighted by Crippen LogP contribution is 2.25. The Kier molecular flexibility index (Phi) is 6.83. The van der Waals surface area contributed by atoms with Gasteiger partial charge in [-0.15, -0.1) is 4.99 Å². The van der Waals surface area contributed by atoms with E-state index in [1.165, 1.54) is 37.8 Å². The number of aromatic nitrogens is 1. The number of aldehydes is 1. The molecule has 1 saturated heterocycles. The van der Waals surface area contributed by atoms with Gasteiger partial charge in [0.25, 0.3) is 6.29 Å². The van der Waals surface area contributed by atoms with Crippen LogP contribution in [0.3, 0.4) is 0 Å². The van der Waals surface area contributed by atoms with Gasteiger partial charge in [-0.05, 0) is 29.0 Å². The van der Waals surface area contributed by atoms with Gasteiger partial charge in [0, 0.05) is 62.2 Å². The van der Waals surface area contributed by atoms with Gasteiger partial charge < -0.3 is 9.47 Å². The lowest BCUT2D eigenvalue weighted by Crippen LogP contribution is -2.52. The largest absolute Gasteiger partial charge is 0.466 e. The van der Waals surface area contributed by atoms with Crippen molar-refractivity contribution in [2.24, 2.45) is 0 Å². The van der Waals surface area contributed by atoms with Gasteiger partial charge in [0.1, 0.15) is 5.76 Å². The third-order valence-corrected chi connectivity index (χ3v) is 5.03. The van der Waals surface area contributed by atoms with Crippen molar-refractivity contribution < 1.29 is 34.2 Å². The highest BCUT2D eigenvalue weighted by molar-refractivity contribution is 5.74. The highest BCUT2D eigenvalue weighted by atomic mass is 17.7. The first kappa shape index (κ1) is 20.0. The average Bonchev–Trinajstić information content (AvgIpc) is 2.72. The number of hydrogen-bond acceptors (Lipinski definition) is 10. The fourth-order valence-electron chi connectivity index (χ4n) is 3.18. The summed E-state index contributed by atoms with van der Waals surface area (Å²) in [5, 5.41) is 11.0. The average molecular weight is 405 g/mol. The number of piperazine rings is 1. The van der Waals surface area contributed by atoms with Crippen molar-refractivity contribution in [2.45, 2.75) is 31.6 Å². The molecule has 3 aliphatic rings. The SMILES string of the molecule is O=Cc1ccc(OC2=CC(OOOON3CCN(C4CCC4)CC3)OC=C2)nc1. The molecule has 1 unspecified atom stereocenters. The first-order chi connectivity index (χ1) is 14.3. The minimum absolute atomic E-state index is 0.327. The van der Waals surface area contributed by atoms with Crippen molar-refractivity contribution in [3.63, 3.8) is 0 Å². The zero-order valence-corrected chi connectivity index (χ0v) is 15.8. The Bertz CT molecular complexity index is 728. The van der Waals surface area contributed by atoms with E-state index in [0.29, 0.717) is 23.5 Å². The van der Waals surface area contributed by atoms with Crippen LogP contribution in [0.1, 0.15) is 29.6 Å². The number of carbonyl (C=O) groups excluding carboxylic acids is 1. The molecule has 1 aliphatic carbocycles. The molecule has 0 amide bonds. The summed E-state index contributed by atoms with van der Waals surface area (Å²) in [5.41, 5.74) is 0.463. The lowest BCUT2D eigenvalue weighted by Gasteiger charge is -2.41. The van der Waals surface area contributed by atoms with Crippen LogP contribution in [0.4, 0.5) is 0 Å². The Morgan fingerprint density at radius 3 is 2.69 bits per heavy atom. The van der Waals surface area contributed by atoms with Gasteiger partial charge in [0.2, 0.25) is 5.88 Å². The summed E-state index contributed by atoms with van der Waals surface area (Å²) in [6.45, 7) is 3.35. The Morgan fingerprint density at radius 2 is 2.00 bits per heavy atom. The van der Waals surface area contributed by atoms with Crippen molar-refractivity contribution in [3.05, 3.63) is 48.1 Å². The highest BCUT2D eigenvalue weighted by Gasteiger charge is 2.28. The van der Waals surface area contributed by atoms with Crippen LogP contribution in [0, 0.1) is 0 Å². The quantitative estimate of drug-likeness (QED) is 0.263. The van der Waals surface area contributed by atoms with Crippen molar-refractivity contribution in [1.29, 1.82) is 0 Å². The van der Waals surface area contributed by atoms with Gasteiger partial charge in [-0.25, -0.2) is 4.98 Å². The lowest BCUT2D eigenvalue weighted by molar-refractivity contribution is -0.684. The van der Waals surface area contributed by atoms with E-state index in [1.54, 1.807) is 23.3 Å². The molecule has 29 heavy (non-hydrogen) atoms. The van der Waals surface area contributed by atoms with Crippen LogP contribution < -0.4 is 4.74 Å². The number of hydrogen-bond donors (Lipinski definition) is 0. The Labute approximate surface area is 167 Å². The third-order valence-electron chi connectivity index (χ3n) is 5.03. The molecular weight excluding hydrogens is 382 g/mol. The number of ether oxygens (including phenoxy) is 2. The molecule has 0 N–H and O–H groups in total. The van der Waals surface area contributed by atoms with Gasteiger partial charge in [-0.1, -0.05) is 6.42 Å². The molecule has 0 aromatic carbocycles. The van der Waals surface area contributed by atoms with E-state index in [0.717, 1.165) is 32.2 Å². The second-order valence-electron chi connectivity index (χ2n) is 6.88. The first-order valence-corrected chi connectivity index (χ1v) is 9.59. The predicted octanol–water partition coefficient (Wildman–Crippen LogP) is 1.92. The van der Waals surface area contributed by atoms with E-state index >= 15 is 0 Å². The van der Waals surface area contributed by atoms with Crippen LogP contribution in [-0.2, 0) is 24.7 Å². The zero-order valence-electron chi connectivity index (χ0n) is 15.8. The fraction of sp³-hybridized carbons (Fsp3) is 0.474. The van der Waals surface area contributed by atoms with Gasteiger partial charge in [0.15, 0.2) is 6.29 Å². The van der Waals surface area contributed by atoms with E-state index < -0.39 is 6.29 Å². The molecule has 1 aromatic rings. The van der Waals surface area contributed by atoms with Crippen LogP contribution in [-0.4, -0.2) is 59.7 Å². The van der Waals surface area contributed by atoms with E-state index in [-0.39, 0.29) is 0 Å². The number of allylic oxidation sites excluding steroid dienone is 1. The van der Waals surface area contributed by atoms with Crippen molar-refractivity contribution in [2.75, 3.05) is 26.2 Å². The Morgan fingerprint density at radius 1 is 1.14 bits per heavy atom. The second-order valence-corrected chi connectivity index (χ2v) is 6.88. The number of pyridine rings is 1. The zero-order chi connectivity index (χ0) is 19.9. The van der Waals surface area contributed by atoms with E-state index in [2.05, 4.69) is 20.0 Å². The topological polar surface area (TPSA) is 91.8 Å². The molecule has 1 saturated carbocycles. The lowest BCUT2D eigenvalue weighted by atomic mass is 9.91. The van der Waals surface area contributed by atoms with Crippen molar-refractivity contribution in [3.8, 4) is 5.88 Å². The number of rotatable bonds is 9. The summed E-state index contributed by atoms with van der Waals surface area (Å²) in [5.74, 6) is 0.762. The van der Waals surface area contributed by atoms with Crippen LogP contribution >= 0.6 is 0 Å². The summed E-state index contributed by atoms with van der Waals surface area (Å²) in [4.78, 5) is 27.2. The molecule has 10 nitrogen and oxygen atoms in total. The summed E-state index contributed by atoms with van der Waals surface area (Å²) >= 11 is 0. The van der Waals surface area contributed by atoms with Crippen molar-refractivity contribution in [1.82, 2.24) is 14.9 Å². The Balaban J connectivity index is 1.14. The fourth-order valence-corrected chi connectivity index (χ4v) is 3.18. The maximum atomic E-state index is 10.7. The minimum Gasteiger partial charge on any atom is -0.466 e. The van der Waals surface area contributed by atoms with Gasteiger partial charge in [0.05, 0.1) is 6.26 Å². The number of carbonyl (C=O) groups is 1. The van der Waals surface area contributed by atoms with E-state index in [9.17, 15) is 4.79 Å². The molecule has 0 radical (unpaired) electrons. The molecule has 1 atom stereocenters. The number of hydroxylamine groups is 2. The molecule has 10 heteroatoms. The first-order valence-electron chi connectivity index (χ1n) is 9.59. The predicted molar refractivity (Wildman–Crippen MR) is 97.5 cm³/mol. The van der Waals surface area contributed by atoms with Gasteiger partial charge >= 0.3 is 0 Å². The van der Waals surface area contributed by atoms with E-state index in [1.807, 2.05) is 0 Å². The van der Waals surface area contributed by atoms with E-state index in [4.69, 9.17) is 19.3 Å². The van der Waals surface area contributed by atoms with Gasteiger partial charge in [-0.2, -0.15) is 9.95 Å². The van der Waals surface area contributed by atoms with Crippen molar-refractivity contribution >= 4 is 6.29 Å². The van der Waals surface area contributed by atoms with Crippen LogP contribution in [0.25, 0.3) is 0 Å². The molecule has 0 bridgehead atoms. The minimum atomic E-state index is -0.886. The summed E-state index contributed by atoms with van der Waals surface area (Å²) in [7, 11) is 0. The molecule has 2 aliphatic heterocycles.